The van der Waals surface area contributed by atoms with E-state index >= 15 is 0 Å². The summed E-state index contributed by atoms with van der Waals surface area (Å²) in [6.07, 6.45) is 3.71. The third kappa shape index (κ3) is 4.44. The van der Waals surface area contributed by atoms with E-state index in [1.165, 1.54) is 41.5 Å². The second kappa shape index (κ2) is 7.99. The minimum atomic E-state index is 0.287. The molecular weight excluding hydrogens is 254 g/mol. The van der Waals surface area contributed by atoms with Crippen LogP contribution in [0.4, 0.5) is 0 Å². The fourth-order valence-electron chi connectivity index (χ4n) is 2.74. The Labute approximate surface area is 129 Å². The average Bonchev–Trinajstić information content (AvgIpc) is 2.51. The minimum absolute atomic E-state index is 0.287. The van der Waals surface area contributed by atoms with Gasteiger partial charge in [0.25, 0.3) is 0 Å². The van der Waals surface area contributed by atoms with Crippen LogP contribution >= 0.6 is 0 Å². The maximum Gasteiger partial charge on any atom is 0.0576 e. The molecule has 0 amide bonds. The molecule has 2 aromatic carbocycles. The maximum absolute atomic E-state index is 3.61. The summed E-state index contributed by atoms with van der Waals surface area (Å²) in [6, 6.07) is 18.2. The molecule has 0 bridgehead atoms. The molecule has 1 atom stereocenters. The second-order valence-electron chi connectivity index (χ2n) is 5.75. The highest BCUT2D eigenvalue weighted by Gasteiger charge is 2.12. The van der Waals surface area contributed by atoms with Crippen molar-refractivity contribution in [1.82, 2.24) is 5.32 Å². The van der Waals surface area contributed by atoms with Crippen LogP contribution < -0.4 is 5.32 Å². The normalized spacial score (nSPS) is 12.3. The molecule has 1 unspecified atom stereocenters. The summed E-state index contributed by atoms with van der Waals surface area (Å²) in [5.74, 6) is 0. The zero-order valence-corrected chi connectivity index (χ0v) is 13.5. The number of rotatable bonds is 7. The van der Waals surface area contributed by atoms with Gasteiger partial charge in [0, 0.05) is 0 Å². The van der Waals surface area contributed by atoms with Crippen LogP contribution in [0.25, 0.3) is 0 Å². The molecule has 0 saturated carbocycles. The van der Waals surface area contributed by atoms with E-state index in [-0.39, 0.29) is 6.04 Å². The van der Waals surface area contributed by atoms with Crippen LogP contribution in [0.1, 0.15) is 55.0 Å². The van der Waals surface area contributed by atoms with Crippen LogP contribution in [-0.2, 0) is 6.42 Å². The van der Waals surface area contributed by atoms with E-state index in [0.717, 1.165) is 6.54 Å². The van der Waals surface area contributed by atoms with Crippen LogP contribution in [0.15, 0.2) is 48.5 Å². The minimum Gasteiger partial charge on any atom is -0.307 e. The van der Waals surface area contributed by atoms with Gasteiger partial charge < -0.3 is 5.32 Å². The Balaban J connectivity index is 2.21. The van der Waals surface area contributed by atoms with E-state index < -0.39 is 0 Å². The molecular formula is C20H27N. The first-order valence-corrected chi connectivity index (χ1v) is 8.13. The molecule has 1 N–H and O–H groups in total. The van der Waals surface area contributed by atoms with Gasteiger partial charge in [-0.25, -0.2) is 0 Å². The van der Waals surface area contributed by atoms with Gasteiger partial charge in [0.15, 0.2) is 0 Å². The van der Waals surface area contributed by atoms with E-state index in [1.807, 2.05) is 0 Å². The standard InChI is InChI=1S/C20H27N/c1-4-6-9-17-11-13-18(14-12-17)20(21-5-2)19-10-7-8-16(3)15-19/h7-8,10-15,20-21H,4-6,9H2,1-3H3. The van der Waals surface area contributed by atoms with Crippen LogP contribution in [0.3, 0.4) is 0 Å². The molecule has 0 aromatic heterocycles. The predicted molar refractivity (Wildman–Crippen MR) is 91.8 cm³/mol. The molecule has 1 nitrogen and oxygen atoms in total. The molecule has 0 saturated heterocycles. The van der Waals surface area contributed by atoms with Gasteiger partial charge in [-0.2, -0.15) is 0 Å². The highest BCUT2D eigenvalue weighted by Crippen LogP contribution is 2.23. The Bertz CT molecular complexity index is 542. The number of hydrogen-bond donors (Lipinski definition) is 1. The topological polar surface area (TPSA) is 12.0 Å². The quantitative estimate of drug-likeness (QED) is 0.750. The summed E-state index contributed by atoms with van der Waals surface area (Å²) >= 11 is 0. The molecule has 0 fully saturated rings. The van der Waals surface area contributed by atoms with Crippen LogP contribution in [0.5, 0.6) is 0 Å². The van der Waals surface area contributed by atoms with Gasteiger partial charge in [-0.3, -0.25) is 0 Å². The predicted octanol–water partition coefficient (Wildman–Crippen LogP) is 5.04. The van der Waals surface area contributed by atoms with Crippen molar-refractivity contribution in [2.24, 2.45) is 0 Å². The Hall–Kier alpha value is -1.60. The molecule has 2 rings (SSSR count). The molecule has 0 aliphatic heterocycles. The number of hydrogen-bond acceptors (Lipinski definition) is 1. The first kappa shape index (κ1) is 15.8. The number of nitrogens with one attached hydrogen (secondary N) is 1. The third-order valence-electron chi connectivity index (χ3n) is 3.92. The Morgan fingerprint density at radius 2 is 1.71 bits per heavy atom. The van der Waals surface area contributed by atoms with Crippen LogP contribution in [0.2, 0.25) is 0 Å². The lowest BCUT2D eigenvalue weighted by Crippen LogP contribution is -2.22. The SMILES string of the molecule is CCCCc1ccc(C(NCC)c2cccc(C)c2)cc1. The molecule has 0 radical (unpaired) electrons. The van der Waals surface area contributed by atoms with Crippen LogP contribution in [0, 0.1) is 6.92 Å². The van der Waals surface area contributed by atoms with Gasteiger partial charge in [0.2, 0.25) is 0 Å². The first-order chi connectivity index (χ1) is 10.2. The fraction of sp³-hybridized carbons (Fsp3) is 0.400. The zero-order chi connectivity index (χ0) is 15.1. The molecule has 1 heteroatoms. The lowest BCUT2D eigenvalue weighted by Gasteiger charge is -2.20. The molecule has 0 heterocycles. The monoisotopic (exact) mass is 281 g/mol. The summed E-state index contributed by atoms with van der Waals surface area (Å²) in [7, 11) is 0. The number of unbranched alkanes of at least 4 members (excludes halogenated alkanes) is 1. The van der Waals surface area contributed by atoms with Gasteiger partial charge in [0.05, 0.1) is 6.04 Å². The van der Waals surface area contributed by atoms with Crippen LogP contribution in [-0.4, -0.2) is 6.54 Å². The number of aryl methyl sites for hydroxylation is 2. The first-order valence-electron chi connectivity index (χ1n) is 8.13. The van der Waals surface area contributed by atoms with Gasteiger partial charge in [-0.15, -0.1) is 0 Å². The summed E-state index contributed by atoms with van der Waals surface area (Å²) in [6.45, 7) is 7.53. The lowest BCUT2D eigenvalue weighted by molar-refractivity contribution is 0.630. The molecule has 112 valence electrons. The third-order valence-corrected chi connectivity index (χ3v) is 3.92. The van der Waals surface area contributed by atoms with Gasteiger partial charge in [-0.1, -0.05) is 74.4 Å². The molecule has 0 aliphatic rings. The summed E-state index contributed by atoms with van der Waals surface area (Å²) < 4.78 is 0. The van der Waals surface area contributed by atoms with E-state index in [0.29, 0.717) is 0 Å². The largest absolute Gasteiger partial charge is 0.307 e. The molecule has 2 aromatic rings. The summed E-state index contributed by atoms with van der Waals surface area (Å²) in [5.41, 5.74) is 5.45. The molecule has 0 spiro atoms. The van der Waals surface area contributed by atoms with Crippen molar-refractivity contribution < 1.29 is 0 Å². The highest BCUT2D eigenvalue weighted by atomic mass is 14.9. The Kier molecular flexibility index (Phi) is 6.01. The van der Waals surface area contributed by atoms with Crippen molar-refractivity contribution in [3.05, 3.63) is 70.8 Å². The average molecular weight is 281 g/mol. The van der Waals surface area contributed by atoms with Crippen molar-refractivity contribution in [1.29, 1.82) is 0 Å². The van der Waals surface area contributed by atoms with Crippen molar-refractivity contribution in [3.63, 3.8) is 0 Å². The van der Waals surface area contributed by atoms with Crippen molar-refractivity contribution >= 4 is 0 Å². The number of benzene rings is 2. The molecule has 21 heavy (non-hydrogen) atoms. The van der Waals surface area contributed by atoms with Crippen molar-refractivity contribution in [2.45, 2.75) is 46.1 Å². The van der Waals surface area contributed by atoms with E-state index in [9.17, 15) is 0 Å². The summed E-state index contributed by atoms with van der Waals surface area (Å²) in [5, 5.41) is 3.61. The lowest BCUT2D eigenvalue weighted by atomic mass is 9.95. The van der Waals surface area contributed by atoms with Gasteiger partial charge >= 0.3 is 0 Å². The van der Waals surface area contributed by atoms with Gasteiger partial charge in [-0.05, 0) is 43.0 Å². The smallest absolute Gasteiger partial charge is 0.0576 e. The van der Waals surface area contributed by atoms with Crippen molar-refractivity contribution in [2.75, 3.05) is 6.54 Å². The Morgan fingerprint density at radius 3 is 2.33 bits per heavy atom. The van der Waals surface area contributed by atoms with Gasteiger partial charge in [0.1, 0.15) is 0 Å². The fourth-order valence-corrected chi connectivity index (χ4v) is 2.74. The zero-order valence-electron chi connectivity index (χ0n) is 13.5. The Morgan fingerprint density at radius 1 is 0.952 bits per heavy atom. The van der Waals surface area contributed by atoms with E-state index in [2.05, 4.69) is 74.6 Å². The molecule has 0 aliphatic carbocycles. The highest BCUT2D eigenvalue weighted by molar-refractivity contribution is 5.35. The second-order valence-corrected chi connectivity index (χ2v) is 5.75. The summed E-state index contributed by atoms with van der Waals surface area (Å²) in [4.78, 5) is 0. The van der Waals surface area contributed by atoms with E-state index in [4.69, 9.17) is 0 Å². The van der Waals surface area contributed by atoms with Crippen molar-refractivity contribution in [3.8, 4) is 0 Å². The van der Waals surface area contributed by atoms with E-state index in [1.54, 1.807) is 0 Å². The maximum atomic E-state index is 3.61.